The third-order valence-electron chi connectivity index (χ3n) is 3.85. The number of hydrogen-bond donors (Lipinski definition) is 4. The Bertz CT molecular complexity index is 974. The van der Waals surface area contributed by atoms with Crippen LogP contribution in [0.5, 0.6) is 0 Å². The normalized spacial score (nSPS) is 13.1. The third kappa shape index (κ3) is 7.46. The van der Waals surface area contributed by atoms with E-state index in [1.807, 2.05) is 0 Å². The van der Waals surface area contributed by atoms with E-state index in [4.69, 9.17) is 10.2 Å². The number of alkyl halides is 3. The molecule has 1 aromatic carbocycles. The molecule has 0 unspecified atom stereocenters. The molecule has 11 heteroatoms. The van der Waals surface area contributed by atoms with E-state index in [0.717, 1.165) is 25.0 Å². The molecule has 0 amide bonds. The van der Waals surface area contributed by atoms with Crippen molar-refractivity contribution in [3.63, 3.8) is 0 Å². The number of nitrogens with one attached hydrogen (secondary N) is 2. The number of pyridine rings is 1. The molecule has 8 nitrogen and oxygen atoms in total. The van der Waals surface area contributed by atoms with Gasteiger partial charge in [0.05, 0.1) is 24.3 Å². The van der Waals surface area contributed by atoms with Gasteiger partial charge < -0.3 is 20.8 Å². The van der Waals surface area contributed by atoms with Crippen molar-refractivity contribution in [3.8, 4) is 11.3 Å². The molecule has 0 saturated heterocycles. The van der Waals surface area contributed by atoms with Crippen LogP contribution in [-0.2, 0) is 15.8 Å². The van der Waals surface area contributed by atoms with Gasteiger partial charge in [0.2, 0.25) is 0 Å². The van der Waals surface area contributed by atoms with E-state index in [0.29, 0.717) is 29.9 Å². The first-order valence-electron chi connectivity index (χ1n) is 8.95. The van der Waals surface area contributed by atoms with Crippen molar-refractivity contribution in [2.24, 2.45) is 4.99 Å². The Balaban J connectivity index is 0.000000366. The summed E-state index contributed by atoms with van der Waals surface area (Å²) in [4.78, 5) is 27.3. The van der Waals surface area contributed by atoms with Gasteiger partial charge in [0, 0.05) is 36.1 Å². The number of anilines is 1. The average Bonchev–Trinajstić information content (AvgIpc) is 3.24. The van der Waals surface area contributed by atoms with Crippen LogP contribution in [-0.4, -0.2) is 52.6 Å². The van der Waals surface area contributed by atoms with Crippen LogP contribution in [0, 0.1) is 0 Å². The first-order chi connectivity index (χ1) is 14.7. The summed E-state index contributed by atoms with van der Waals surface area (Å²) < 4.78 is 39.6. The molecule has 0 radical (unpaired) electrons. The SMILES string of the molecule is FC(F)(F)c1cccnc1-c1ccccc1NCC1=NCCN1.O=C(O)C=CC(=O)O. The van der Waals surface area contributed by atoms with Gasteiger partial charge in [-0.05, 0) is 18.2 Å². The Labute approximate surface area is 175 Å². The lowest BCUT2D eigenvalue weighted by atomic mass is 10.0. The highest BCUT2D eigenvalue weighted by Gasteiger charge is 2.34. The van der Waals surface area contributed by atoms with Gasteiger partial charge in [-0.15, -0.1) is 0 Å². The second-order valence-corrected chi connectivity index (χ2v) is 6.06. The van der Waals surface area contributed by atoms with Gasteiger partial charge in [-0.1, -0.05) is 18.2 Å². The van der Waals surface area contributed by atoms with Crippen LogP contribution in [0.15, 0.2) is 59.7 Å². The quantitative estimate of drug-likeness (QED) is 0.514. The van der Waals surface area contributed by atoms with Crippen LogP contribution >= 0.6 is 0 Å². The maximum Gasteiger partial charge on any atom is 0.418 e. The number of nitrogens with zero attached hydrogens (tertiary/aromatic N) is 2. The molecule has 31 heavy (non-hydrogen) atoms. The summed E-state index contributed by atoms with van der Waals surface area (Å²) in [5.41, 5.74) is 0.183. The molecule has 2 aromatic rings. The summed E-state index contributed by atoms with van der Waals surface area (Å²) in [5.74, 6) is -1.71. The van der Waals surface area contributed by atoms with E-state index in [9.17, 15) is 22.8 Å². The number of carbonyl (C=O) groups is 2. The first-order valence-corrected chi connectivity index (χ1v) is 8.95. The maximum atomic E-state index is 13.2. The molecule has 0 saturated carbocycles. The van der Waals surface area contributed by atoms with Crippen molar-refractivity contribution in [2.75, 3.05) is 25.0 Å². The lowest BCUT2D eigenvalue weighted by molar-refractivity contribution is -0.137. The number of hydrogen-bond acceptors (Lipinski definition) is 6. The number of amidine groups is 1. The highest BCUT2D eigenvalue weighted by Crippen LogP contribution is 2.38. The molecule has 1 aliphatic heterocycles. The van der Waals surface area contributed by atoms with E-state index in [1.165, 1.54) is 12.3 Å². The predicted molar refractivity (Wildman–Crippen MR) is 108 cm³/mol. The fraction of sp³-hybridized carbons (Fsp3) is 0.200. The van der Waals surface area contributed by atoms with Gasteiger partial charge in [-0.2, -0.15) is 13.2 Å². The van der Waals surface area contributed by atoms with Crippen molar-refractivity contribution in [1.82, 2.24) is 10.3 Å². The van der Waals surface area contributed by atoms with Crippen molar-refractivity contribution in [3.05, 3.63) is 60.3 Å². The minimum Gasteiger partial charge on any atom is -0.478 e. The first kappa shape index (κ1) is 23.4. The summed E-state index contributed by atoms with van der Waals surface area (Å²) in [7, 11) is 0. The minimum absolute atomic E-state index is 0.0792. The second-order valence-electron chi connectivity index (χ2n) is 6.06. The van der Waals surface area contributed by atoms with Crippen LogP contribution in [0.4, 0.5) is 18.9 Å². The molecule has 0 atom stereocenters. The summed E-state index contributed by atoms with van der Waals surface area (Å²) in [5, 5.41) is 21.9. The molecule has 164 valence electrons. The van der Waals surface area contributed by atoms with Crippen LogP contribution in [0.3, 0.4) is 0 Å². The molecule has 2 heterocycles. The Hall–Kier alpha value is -3.89. The molecule has 1 aliphatic rings. The van der Waals surface area contributed by atoms with E-state index in [-0.39, 0.29) is 5.69 Å². The zero-order valence-corrected chi connectivity index (χ0v) is 16.1. The number of carboxylic acid groups (broad SMARTS) is 2. The van der Waals surface area contributed by atoms with E-state index < -0.39 is 23.7 Å². The number of para-hydroxylation sites is 1. The fourth-order valence-electron chi connectivity index (χ4n) is 2.58. The Kier molecular flexibility index (Phi) is 8.12. The average molecular weight is 436 g/mol. The Morgan fingerprint density at radius 2 is 1.77 bits per heavy atom. The standard InChI is InChI=1S/C16H15F3N4.C4H4O4/c17-16(18,19)12-5-3-7-22-15(12)11-4-1-2-6-13(11)23-10-14-20-8-9-21-14;5-3(6)1-2-4(7)8/h1-7,23H,8-10H2,(H,20,21);1-2H,(H,5,6)(H,7,8). The number of carboxylic acids is 2. The molecule has 0 bridgehead atoms. The number of rotatable bonds is 6. The van der Waals surface area contributed by atoms with Gasteiger partial charge in [0.1, 0.15) is 5.84 Å². The molecule has 0 fully saturated rings. The summed E-state index contributed by atoms with van der Waals surface area (Å²) in [6.45, 7) is 1.94. The lowest BCUT2D eigenvalue weighted by Crippen LogP contribution is -2.26. The maximum absolute atomic E-state index is 13.2. The highest BCUT2D eigenvalue weighted by atomic mass is 19.4. The van der Waals surface area contributed by atoms with Crippen LogP contribution in [0.25, 0.3) is 11.3 Å². The second kappa shape index (κ2) is 10.8. The largest absolute Gasteiger partial charge is 0.478 e. The van der Waals surface area contributed by atoms with Crippen molar-refractivity contribution in [1.29, 1.82) is 0 Å². The molecule has 1 aromatic heterocycles. The summed E-state index contributed by atoms with van der Waals surface area (Å²) in [6.07, 6.45) is -1.97. The van der Waals surface area contributed by atoms with Gasteiger partial charge in [0.15, 0.2) is 0 Å². The van der Waals surface area contributed by atoms with Crippen LogP contribution in [0.2, 0.25) is 0 Å². The summed E-state index contributed by atoms with van der Waals surface area (Å²) >= 11 is 0. The van der Waals surface area contributed by atoms with Crippen molar-refractivity contribution < 1.29 is 33.0 Å². The van der Waals surface area contributed by atoms with Crippen LogP contribution < -0.4 is 10.6 Å². The number of benzene rings is 1. The van der Waals surface area contributed by atoms with E-state index >= 15 is 0 Å². The number of aliphatic imine (C=N–C) groups is 1. The molecule has 0 spiro atoms. The minimum atomic E-state index is -4.45. The van der Waals surface area contributed by atoms with Crippen molar-refractivity contribution in [2.45, 2.75) is 6.18 Å². The monoisotopic (exact) mass is 436 g/mol. The smallest absolute Gasteiger partial charge is 0.418 e. The zero-order chi connectivity index (χ0) is 22.9. The van der Waals surface area contributed by atoms with Gasteiger partial charge in [-0.3, -0.25) is 9.98 Å². The predicted octanol–water partition coefficient (Wildman–Crippen LogP) is 2.89. The highest BCUT2D eigenvalue weighted by molar-refractivity contribution is 5.90. The number of aromatic nitrogens is 1. The fourth-order valence-corrected chi connectivity index (χ4v) is 2.58. The number of aliphatic carboxylic acids is 2. The molecular formula is C20H19F3N4O4. The summed E-state index contributed by atoms with van der Waals surface area (Å²) in [6, 6.07) is 9.16. The molecule has 0 aliphatic carbocycles. The molecule has 4 N–H and O–H groups in total. The van der Waals surface area contributed by atoms with E-state index in [2.05, 4.69) is 20.6 Å². The Morgan fingerprint density at radius 1 is 1.10 bits per heavy atom. The topological polar surface area (TPSA) is 124 Å². The zero-order valence-electron chi connectivity index (χ0n) is 16.1. The number of halogens is 3. The molecule has 3 rings (SSSR count). The lowest BCUT2D eigenvalue weighted by Gasteiger charge is -2.16. The Morgan fingerprint density at radius 3 is 2.35 bits per heavy atom. The van der Waals surface area contributed by atoms with Gasteiger partial charge in [0.25, 0.3) is 0 Å². The van der Waals surface area contributed by atoms with Crippen LogP contribution in [0.1, 0.15) is 5.56 Å². The van der Waals surface area contributed by atoms with Crippen molar-refractivity contribution >= 4 is 23.5 Å². The van der Waals surface area contributed by atoms with Gasteiger partial charge in [-0.25, -0.2) is 9.59 Å². The molecular weight excluding hydrogens is 417 g/mol. The van der Waals surface area contributed by atoms with Gasteiger partial charge >= 0.3 is 18.1 Å². The third-order valence-corrected chi connectivity index (χ3v) is 3.85. The van der Waals surface area contributed by atoms with E-state index in [1.54, 1.807) is 24.3 Å².